The van der Waals surface area contributed by atoms with Gasteiger partial charge in [0.25, 0.3) is 0 Å². The zero-order chi connectivity index (χ0) is 14.8. The highest BCUT2D eigenvalue weighted by Gasteiger charge is 2.23. The van der Waals surface area contributed by atoms with Crippen LogP contribution in [0.4, 0.5) is 5.82 Å². The highest BCUT2D eigenvalue weighted by Crippen LogP contribution is 2.31. The zero-order valence-corrected chi connectivity index (χ0v) is 13.9. The van der Waals surface area contributed by atoms with E-state index >= 15 is 0 Å². The van der Waals surface area contributed by atoms with Gasteiger partial charge in [-0.15, -0.1) is 11.3 Å². The number of morpholine rings is 1. The molecule has 0 N–H and O–H groups in total. The summed E-state index contributed by atoms with van der Waals surface area (Å²) >= 11 is 12.3. The van der Waals surface area contributed by atoms with E-state index in [-0.39, 0.29) is 16.6 Å². The third-order valence-electron chi connectivity index (χ3n) is 3.33. The van der Waals surface area contributed by atoms with Crippen LogP contribution in [0.15, 0.2) is 17.6 Å². The number of halogens is 1. The molecule has 0 aliphatic carbocycles. The van der Waals surface area contributed by atoms with Crippen molar-refractivity contribution in [1.82, 2.24) is 15.0 Å². The molecule has 8 heteroatoms. The fraction of sp³-hybridized carbons (Fsp3) is 0.462. The maximum atomic E-state index is 6.09. The molecule has 0 bridgehead atoms. The second-order valence-corrected chi connectivity index (χ2v) is 6.59. The lowest BCUT2D eigenvalue weighted by atomic mass is 10.2. The molecule has 1 saturated heterocycles. The summed E-state index contributed by atoms with van der Waals surface area (Å²) in [6.07, 6.45) is 1.76. The molecule has 112 valence electrons. The maximum Gasteiger partial charge on any atom is 0.224 e. The lowest BCUT2D eigenvalue weighted by Gasteiger charge is -2.34. The van der Waals surface area contributed by atoms with Crippen LogP contribution in [-0.2, 0) is 4.74 Å². The Morgan fingerprint density at radius 3 is 3.10 bits per heavy atom. The number of ether oxygens (including phenoxy) is 1. The van der Waals surface area contributed by atoms with Crippen LogP contribution in [0, 0.1) is 0 Å². The molecule has 3 rings (SSSR count). The molecule has 0 amide bonds. The lowest BCUT2D eigenvalue weighted by molar-refractivity contribution is 0.0985. The highest BCUT2D eigenvalue weighted by molar-refractivity contribution is 7.80. The van der Waals surface area contributed by atoms with Gasteiger partial charge in [-0.25, -0.2) is 15.0 Å². The molecule has 5 nitrogen and oxygen atoms in total. The normalized spacial score (nSPS) is 20.5. The van der Waals surface area contributed by atoms with Crippen LogP contribution >= 0.6 is 35.6 Å². The summed E-state index contributed by atoms with van der Waals surface area (Å²) in [4.78, 5) is 15.1. The predicted octanol–water partition coefficient (Wildman–Crippen LogP) is 2.83. The van der Waals surface area contributed by atoms with E-state index in [1.165, 1.54) is 0 Å². The maximum absolute atomic E-state index is 6.09. The third kappa shape index (κ3) is 3.31. The first-order valence-corrected chi connectivity index (χ1v) is 8.39. The minimum atomic E-state index is -0.194. The first-order valence-electron chi connectivity index (χ1n) is 6.61. The number of rotatable bonds is 3. The second-order valence-electron chi connectivity index (χ2n) is 4.81. The van der Waals surface area contributed by atoms with Gasteiger partial charge in [0.05, 0.1) is 30.2 Å². The van der Waals surface area contributed by atoms with Gasteiger partial charge in [-0.2, -0.15) is 12.6 Å². The zero-order valence-electron chi connectivity index (χ0n) is 11.4. The summed E-state index contributed by atoms with van der Waals surface area (Å²) in [6.45, 7) is 4.28. The van der Waals surface area contributed by atoms with E-state index in [1.54, 1.807) is 17.5 Å². The van der Waals surface area contributed by atoms with Gasteiger partial charge in [-0.1, -0.05) is 0 Å². The van der Waals surface area contributed by atoms with Crippen molar-refractivity contribution >= 4 is 41.4 Å². The quantitative estimate of drug-likeness (QED) is 0.686. The molecular weight excluding hydrogens is 328 g/mol. The van der Waals surface area contributed by atoms with E-state index in [4.69, 9.17) is 16.3 Å². The minimum Gasteiger partial charge on any atom is -0.377 e. The average molecular weight is 343 g/mol. The van der Waals surface area contributed by atoms with Gasteiger partial charge in [0.15, 0.2) is 0 Å². The van der Waals surface area contributed by atoms with Gasteiger partial charge in [0.2, 0.25) is 5.28 Å². The SMILES string of the molecule is C[C@H]1COCCN1c1cc(C(S)c2nccs2)nc(Cl)n1. The number of anilines is 1. The second kappa shape index (κ2) is 6.48. The largest absolute Gasteiger partial charge is 0.377 e. The number of aromatic nitrogens is 3. The van der Waals surface area contributed by atoms with E-state index in [1.807, 2.05) is 11.4 Å². The Kier molecular flexibility index (Phi) is 4.63. The van der Waals surface area contributed by atoms with Crippen molar-refractivity contribution in [3.63, 3.8) is 0 Å². The van der Waals surface area contributed by atoms with E-state index < -0.39 is 0 Å². The number of thiazole rings is 1. The standard InChI is InChI=1S/C13H15ClN4OS2/c1-8-7-19-4-3-18(8)10-6-9(16-13(14)17-10)11(20)12-15-2-5-21-12/h2,5-6,8,11,20H,3-4,7H2,1H3/t8-,11?/m0/s1. The van der Waals surface area contributed by atoms with Crippen molar-refractivity contribution in [2.45, 2.75) is 18.2 Å². The summed E-state index contributed by atoms with van der Waals surface area (Å²) < 4.78 is 5.46. The van der Waals surface area contributed by atoms with Crippen molar-refractivity contribution < 1.29 is 4.74 Å². The molecule has 2 aromatic heterocycles. The molecule has 1 aliphatic rings. The summed E-state index contributed by atoms with van der Waals surface area (Å²) in [7, 11) is 0. The van der Waals surface area contributed by atoms with E-state index in [0.29, 0.717) is 13.2 Å². The van der Waals surface area contributed by atoms with Gasteiger partial charge in [0, 0.05) is 24.2 Å². The summed E-state index contributed by atoms with van der Waals surface area (Å²) in [5, 5.41) is 2.86. The molecule has 2 aromatic rings. The van der Waals surface area contributed by atoms with Crippen LogP contribution in [0.25, 0.3) is 0 Å². The molecule has 1 aliphatic heterocycles. The molecule has 0 aromatic carbocycles. The fourth-order valence-electron chi connectivity index (χ4n) is 2.27. The summed E-state index contributed by atoms with van der Waals surface area (Å²) in [5.41, 5.74) is 0.766. The monoisotopic (exact) mass is 342 g/mol. The molecule has 2 atom stereocenters. The first-order chi connectivity index (χ1) is 10.1. The molecule has 21 heavy (non-hydrogen) atoms. The Morgan fingerprint density at radius 1 is 1.52 bits per heavy atom. The number of hydrogen-bond acceptors (Lipinski definition) is 7. The van der Waals surface area contributed by atoms with Crippen LogP contribution < -0.4 is 4.90 Å². The Labute approximate surface area is 137 Å². The fourth-order valence-corrected chi connectivity index (χ4v) is 3.47. The van der Waals surface area contributed by atoms with Crippen LogP contribution in [0.5, 0.6) is 0 Å². The van der Waals surface area contributed by atoms with Crippen LogP contribution in [0.1, 0.15) is 22.9 Å². The van der Waals surface area contributed by atoms with Crippen molar-refractivity contribution in [3.05, 3.63) is 33.6 Å². The summed E-state index contributed by atoms with van der Waals surface area (Å²) in [6, 6.07) is 2.20. The number of thiol groups is 1. The Bertz CT molecular complexity index is 610. The van der Waals surface area contributed by atoms with Crippen molar-refractivity contribution in [2.24, 2.45) is 0 Å². The van der Waals surface area contributed by atoms with Gasteiger partial charge in [0.1, 0.15) is 10.8 Å². The number of nitrogens with zero attached hydrogens (tertiary/aromatic N) is 4. The molecule has 0 radical (unpaired) electrons. The lowest BCUT2D eigenvalue weighted by Crippen LogP contribution is -2.44. The van der Waals surface area contributed by atoms with Crippen LogP contribution in [0.3, 0.4) is 0 Å². The minimum absolute atomic E-state index is 0.194. The van der Waals surface area contributed by atoms with E-state index in [2.05, 4.69) is 39.4 Å². The van der Waals surface area contributed by atoms with Crippen LogP contribution in [-0.4, -0.2) is 40.8 Å². The van der Waals surface area contributed by atoms with E-state index in [0.717, 1.165) is 23.1 Å². The Balaban J connectivity index is 1.92. The first kappa shape index (κ1) is 15.0. The average Bonchev–Trinajstić information content (AvgIpc) is 3.00. The molecule has 3 heterocycles. The highest BCUT2D eigenvalue weighted by atomic mass is 35.5. The van der Waals surface area contributed by atoms with Crippen molar-refractivity contribution in [2.75, 3.05) is 24.7 Å². The summed E-state index contributed by atoms with van der Waals surface area (Å²) in [5.74, 6) is 0.816. The van der Waals surface area contributed by atoms with Gasteiger partial charge < -0.3 is 9.64 Å². The number of hydrogen-bond donors (Lipinski definition) is 1. The molecule has 1 fully saturated rings. The van der Waals surface area contributed by atoms with Crippen LogP contribution in [0.2, 0.25) is 5.28 Å². The Hall–Kier alpha value is -0.890. The molecular formula is C13H15ClN4OS2. The van der Waals surface area contributed by atoms with Gasteiger partial charge in [-0.05, 0) is 18.5 Å². The smallest absolute Gasteiger partial charge is 0.224 e. The van der Waals surface area contributed by atoms with E-state index in [9.17, 15) is 0 Å². The third-order valence-corrected chi connectivity index (χ3v) is 5.03. The molecule has 0 spiro atoms. The van der Waals surface area contributed by atoms with Crippen molar-refractivity contribution in [3.8, 4) is 0 Å². The van der Waals surface area contributed by atoms with Crippen molar-refractivity contribution in [1.29, 1.82) is 0 Å². The predicted molar refractivity (Wildman–Crippen MR) is 87.6 cm³/mol. The molecule has 1 unspecified atom stereocenters. The Morgan fingerprint density at radius 2 is 2.38 bits per heavy atom. The topological polar surface area (TPSA) is 51.1 Å². The molecule has 0 saturated carbocycles. The van der Waals surface area contributed by atoms with Gasteiger partial charge >= 0.3 is 0 Å². The van der Waals surface area contributed by atoms with Gasteiger partial charge in [-0.3, -0.25) is 0 Å².